The number of carbonyl (C=O) groups is 1. The lowest BCUT2D eigenvalue weighted by molar-refractivity contribution is -0.142. The summed E-state index contributed by atoms with van der Waals surface area (Å²) < 4.78 is 10.4. The molecule has 0 amide bonds. The molecule has 0 radical (unpaired) electrons. The van der Waals surface area contributed by atoms with Gasteiger partial charge in [0.25, 0.3) is 0 Å². The van der Waals surface area contributed by atoms with Gasteiger partial charge >= 0.3 is 5.97 Å². The Morgan fingerprint density at radius 1 is 1.20 bits per heavy atom. The van der Waals surface area contributed by atoms with Crippen molar-refractivity contribution in [3.8, 4) is 0 Å². The van der Waals surface area contributed by atoms with Crippen molar-refractivity contribution in [3.05, 3.63) is 45.6 Å². The minimum atomic E-state index is -0.262. The lowest BCUT2D eigenvalue weighted by Gasteiger charge is -2.21. The summed E-state index contributed by atoms with van der Waals surface area (Å²) in [6.45, 7) is 11.4. The van der Waals surface area contributed by atoms with E-state index in [2.05, 4.69) is 41.9 Å². The number of ether oxygens (including phenoxy) is 1. The molecule has 0 saturated carbocycles. The summed E-state index contributed by atoms with van der Waals surface area (Å²) in [6, 6.07) is 2.15. The first-order chi connectivity index (χ1) is 11.8. The van der Waals surface area contributed by atoms with Crippen LogP contribution in [-0.2, 0) is 35.6 Å². The predicted octanol–water partition coefficient (Wildman–Crippen LogP) is 3.25. The SMILES string of the molecule is CCc1nc(CN(C)Cc2c(C)cc(C)c(COC(C)=O)c2C)no1. The molecule has 2 aromatic rings. The van der Waals surface area contributed by atoms with Crippen molar-refractivity contribution in [1.82, 2.24) is 15.0 Å². The van der Waals surface area contributed by atoms with Gasteiger partial charge in [-0.05, 0) is 55.6 Å². The summed E-state index contributed by atoms with van der Waals surface area (Å²) in [5, 5.41) is 4.01. The van der Waals surface area contributed by atoms with Crippen LogP contribution in [0.2, 0.25) is 0 Å². The fraction of sp³-hybridized carbons (Fsp3) is 0.526. The van der Waals surface area contributed by atoms with Crippen LogP contribution < -0.4 is 0 Å². The number of hydrogen-bond donors (Lipinski definition) is 0. The van der Waals surface area contributed by atoms with Crippen LogP contribution in [0, 0.1) is 20.8 Å². The third-order valence-corrected chi connectivity index (χ3v) is 4.36. The van der Waals surface area contributed by atoms with Crippen LogP contribution in [0.4, 0.5) is 0 Å². The fourth-order valence-electron chi connectivity index (χ4n) is 2.98. The number of esters is 1. The Balaban J connectivity index is 2.16. The van der Waals surface area contributed by atoms with Crippen LogP contribution in [0.25, 0.3) is 0 Å². The molecule has 1 heterocycles. The maximum absolute atomic E-state index is 11.1. The zero-order valence-electron chi connectivity index (χ0n) is 16.0. The average Bonchev–Trinajstić information content (AvgIpc) is 2.98. The lowest BCUT2D eigenvalue weighted by atomic mass is 9.93. The molecule has 0 fully saturated rings. The second-order valence-corrected chi connectivity index (χ2v) is 6.50. The third kappa shape index (κ3) is 4.89. The minimum Gasteiger partial charge on any atom is -0.461 e. The summed E-state index contributed by atoms with van der Waals surface area (Å²) in [6.07, 6.45) is 0.742. The van der Waals surface area contributed by atoms with Gasteiger partial charge in [0, 0.05) is 19.9 Å². The molecule has 1 aromatic carbocycles. The molecule has 1 aromatic heterocycles. The maximum Gasteiger partial charge on any atom is 0.302 e. The number of carbonyl (C=O) groups excluding carboxylic acids is 1. The standard InChI is InChI=1S/C19H27N3O3/c1-7-19-20-18(21-25-19)10-22(6)9-16-12(2)8-13(3)17(14(16)4)11-24-15(5)23/h8H,7,9-11H2,1-6H3. The van der Waals surface area contributed by atoms with E-state index in [0.717, 1.165) is 24.1 Å². The van der Waals surface area contributed by atoms with Gasteiger partial charge in [-0.2, -0.15) is 4.98 Å². The third-order valence-electron chi connectivity index (χ3n) is 4.36. The lowest BCUT2D eigenvalue weighted by Crippen LogP contribution is -2.20. The van der Waals surface area contributed by atoms with Crippen molar-refractivity contribution >= 4 is 5.97 Å². The Morgan fingerprint density at radius 2 is 1.88 bits per heavy atom. The molecule has 0 unspecified atom stereocenters. The van der Waals surface area contributed by atoms with Gasteiger partial charge in [0.2, 0.25) is 5.89 Å². The molecular weight excluding hydrogens is 318 g/mol. The summed E-state index contributed by atoms with van der Waals surface area (Å²) in [5.74, 6) is 1.10. The Hall–Kier alpha value is -2.21. The summed E-state index contributed by atoms with van der Waals surface area (Å²) in [4.78, 5) is 17.7. The minimum absolute atomic E-state index is 0.262. The number of aryl methyl sites for hydroxylation is 3. The molecule has 0 N–H and O–H groups in total. The highest BCUT2D eigenvalue weighted by Gasteiger charge is 2.15. The van der Waals surface area contributed by atoms with Crippen LogP contribution in [0.3, 0.4) is 0 Å². The highest BCUT2D eigenvalue weighted by Crippen LogP contribution is 2.24. The predicted molar refractivity (Wildman–Crippen MR) is 95.0 cm³/mol. The Morgan fingerprint density at radius 3 is 2.48 bits per heavy atom. The first kappa shape index (κ1) is 19.1. The van der Waals surface area contributed by atoms with Gasteiger partial charge in [-0.15, -0.1) is 0 Å². The number of hydrogen-bond acceptors (Lipinski definition) is 6. The normalized spacial score (nSPS) is 11.2. The van der Waals surface area contributed by atoms with Gasteiger partial charge in [-0.1, -0.05) is 18.1 Å². The van der Waals surface area contributed by atoms with Crippen molar-refractivity contribution in [3.63, 3.8) is 0 Å². The van der Waals surface area contributed by atoms with Crippen LogP contribution in [0.1, 0.15) is 53.4 Å². The van der Waals surface area contributed by atoms with Gasteiger partial charge in [-0.25, -0.2) is 0 Å². The largest absolute Gasteiger partial charge is 0.461 e. The molecular formula is C19H27N3O3. The van der Waals surface area contributed by atoms with E-state index in [1.807, 2.05) is 14.0 Å². The van der Waals surface area contributed by atoms with Crippen LogP contribution in [-0.4, -0.2) is 28.1 Å². The quantitative estimate of drug-likeness (QED) is 0.718. The topological polar surface area (TPSA) is 68.5 Å². The zero-order valence-corrected chi connectivity index (χ0v) is 16.0. The van der Waals surface area contributed by atoms with Crippen molar-refractivity contribution in [2.24, 2.45) is 0 Å². The van der Waals surface area contributed by atoms with Crippen LogP contribution in [0.5, 0.6) is 0 Å². The Labute approximate surface area is 149 Å². The molecule has 0 aliphatic carbocycles. The Kier molecular flexibility index (Phi) is 6.31. The first-order valence-corrected chi connectivity index (χ1v) is 8.53. The molecule has 6 nitrogen and oxygen atoms in total. The monoisotopic (exact) mass is 345 g/mol. The molecule has 25 heavy (non-hydrogen) atoms. The first-order valence-electron chi connectivity index (χ1n) is 8.53. The van der Waals surface area contributed by atoms with Gasteiger partial charge in [0.15, 0.2) is 5.82 Å². The molecule has 0 spiro atoms. The molecule has 0 aliphatic heterocycles. The Bertz CT molecular complexity index is 753. The van der Waals surface area contributed by atoms with Crippen LogP contribution >= 0.6 is 0 Å². The van der Waals surface area contributed by atoms with E-state index in [0.29, 0.717) is 24.9 Å². The van der Waals surface area contributed by atoms with Gasteiger partial charge in [0.1, 0.15) is 6.61 Å². The van der Waals surface area contributed by atoms with Gasteiger partial charge < -0.3 is 9.26 Å². The molecule has 0 aliphatic rings. The average molecular weight is 345 g/mol. The van der Waals surface area contributed by atoms with E-state index >= 15 is 0 Å². The molecule has 0 bridgehead atoms. The molecule has 136 valence electrons. The van der Waals surface area contributed by atoms with E-state index in [-0.39, 0.29) is 5.97 Å². The second-order valence-electron chi connectivity index (χ2n) is 6.50. The van der Waals surface area contributed by atoms with E-state index in [1.54, 1.807) is 0 Å². The number of benzene rings is 1. The van der Waals surface area contributed by atoms with Gasteiger partial charge in [0.05, 0.1) is 6.54 Å². The van der Waals surface area contributed by atoms with E-state index in [4.69, 9.17) is 9.26 Å². The molecule has 6 heteroatoms. The van der Waals surface area contributed by atoms with E-state index in [9.17, 15) is 4.79 Å². The number of nitrogens with zero attached hydrogens (tertiary/aromatic N) is 3. The van der Waals surface area contributed by atoms with E-state index in [1.165, 1.54) is 23.6 Å². The van der Waals surface area contributed by atoms with E-state index < -0.39 is 0 Å². The summed E-state index contributed by atoms with van der Waals surface area (Å²) >= 11 is 0. The van der Waals surface area contributed by atoms with Crippen molar-refractivity contribution in [2.45, 2.75) is 60.7 Å². The summed E-state index contributed by atoms with van der Waals surface area (Å²) in [5.41, 5.74) is 5.88. The number of aromatic nitrogens is 2. The highest BCUT2D eigenvalue weighted by molar-refractivity contribution is 5.66. The van der Waals surface area contributed by atoms with Crippen molar-refractivity contribution in [1.29, 1.82) is 0 Å². The smallest absolute Gasteiger partial charge is 0.302 e. The molecule has 0 saturated heterocycles. The van der Waals surface area contributed by atoms with Gasteiger partial charge in [-0.3, -0.25) is 9.69 Å². The highest BCUT2D eigenvalue weighted by atomic mass is 16.5. The molecule has 2 rings (SSSR count). The fourth-order valence-corrected chi connectivity index (χ4v) is 2.98. The van der Waals surface area contributed by atoms with Crippen LogP contribution in [0.15, 0.2) is 10.6 Å². The second kappa shape index (κ2) is 8.25. The van der Waals surface area contributed by atoms with Crippen molar-refractivity contribution < 1.29 is 14.1 Å². The van der Waals surface area contributed by atoms with Crippen molar-refractivity contribution in [2.75, 3.05) is 7.05 Å². The zero-order chi connectivity index (χ0) is 18.6. The maximum atomic E-state index is 11.1. The number of rotatable bonds is 7. The summed E-state index contributed by atoms with van der Waals surface area (Å²) in [7, 11) is 2.03. The molecule has 0 atom stereocenters.